The van der Waals surface area contributed by atoms with Crippen LogP contribution in [-0.4, -0.2) is 30.9 Å². The topological polar surface area (TPSA) is 99.0 Å². The van der Waals surface area contributed by atoms with Crippen molar-refractivity contribution in [3.05, 3.63) is 79.3 Å². The van der Waals surface area contributed by atoms with Gasteiger partial charge in [-0.2, -0.15) is 0 Å². The molecule has 0 aliphatic heterocycles. The molecule has 6 aromatic rings. The minimum absolute atomic E-state index is 0.116. The van der Waals surface area contributed by atoms with Gasteiger partial charge in [0.15, 0.2) is 17.2 Å². The molecule has 0 aliphatic rings. The molecule has 38 heavy (non-hydrogen) atoms. The van der Waals surface area contributed by atoms with Crippen molar-refractivity contribution in [3.8, 4) is 22.9 Å². The number of amides is 1. The predicted octanol–water partition coefficient (Wildman–Crippen LogP) is 7.03. The number of fused-ring (bicyclic) bond motifs is 3. The number of nitrogens with zero attached hydrogens (tertiary/aromatic N) is 4. The van der Waals surface area contributed by atoms with Gasteiger partial charge in [-0.25, -0.2) is 4.98 Å². The Balaban J connectivity index is 1.27. The molecule has 8 nitrogen and oxygen atoms in total. The molecule has 4 aromatic heterocycles. The third-order valence-corrected chi connectivity index (χ3v) is 7.66. The second kappa shape index (κ2) is 10.2. The largest absolute Gasteiger partial charge is 0.463 e. The van der Waals surface area contributed by atoms with Crippen molar-refractivity contribution in [2.75, 3.05) is 5.32 Å². The van der Waals surface area contributed by atoms with Crippen molar-refractivity contribution in [2.24, 2.45) is 0 Å². The van der Waals surface area contributed by atoms with E-state index in [0.717, 1.165) is 23.1 Å². The van der Waals surface area contributed by atoms with Crippen molar-refractivity contribution in [3.63, 3.8) is 0 Å². The molecule has 0 bridgehead atoms. The number of furan rings is 2. The number of thioether (sulfide) groups is 1. The SMILES string of the molecule is CCC(Sc1nnc(-c2ccco2)c(-c2ccco2)n1)C(=O)Nc1ccc2c(c1)c1ccccc1n2CC. The molecule has 0 aliphatic carbocycles. The molecule has 1 unspecified atom stereocenters. The monoisotopic (exact) mass is 523 g/mol. The lowest BCUT2D eigenvalue weighted by atomic mass is 10.1. The number of para-hydroxylation sites is 1. The van der Waals surface area contributed by atoms with Crippen molar-refractivity contribution in [1.82, 2.24) is 19.7 Å². The van der Waals surface area contributed by atoms with Crippen LogP contribution in [0.2, 0.25) is 0 Å². The molecule has 0 fully saturated rings. The third-order valence-electron chi connectivity index (χ3n) is 6.44. The van der Waals surface area contributed by atoms with Crippen LogP contribution in [0.3, 0.4) is 0 Å². The van der Waals surface area contributed by atoms with Gasteiger partial charge in [-0.05, 0) is 61.9 Å². The van der Waals surface area contributed by atoms with E-state index in [1.165, 1.54) is 22.7 Å². The number of aromatic nitrogens is 4. The van der Waals surface area contributed by atoms with Crippen LogP contribution in [0.1, 0.15) is 20.3 Å². The summed E-state index contributed by atoms with van der Waals surface area (Å²) in [5.74, 6) is 0.970. The fourth-order valence-electron chi connectivity index (χ4n) is 4.67. The van der Waals surface area contributed by atoms with E-state index < -0.39 is 5.25 Å². The van der Waals surface area contributed by atoms with Crippen LogP contribution in [0.5, 0.6) is 0 Å². The number of hydrogen-bond acceptors (Lipinski definition) is 7. The Labute approximate surface area is 223 Å². The average molecular weight is 524 g/mol. The Hall–Kier alpha value is -4.37. The fraction of sp³-hybridized carbons (Fsp3) is 0.172. The van der Waals surface area contributed by atoms with E-state index in [1.807, 2.05) is 25.1 Å². The van der Waals surface area contributed by atoms with Crippen LogP contribution in [0, 0.1) is 0 Å². The molecule has 0 saturated carbocycles. The van der Waals surface area contributed by atoms with E-state index in [-0.39, 0.29) is 5.91 Å². The molecule has 9 heteroatoms. The van der Waals surface area contributed by atoms with Crippen LogP contribution in [0.4, 0.5) is 5.69 Å². The minimum atomic E-state index is -0.414. The highest BCUT2D eigenvalue weighted by atomic mass is 32.2. The number of benzene rings is 2. The smallest absolute Gasteiger partial charge is 0.237 e. The molecule has 190 valence electrons. The van der Waals surface area contributed by atoms with Gasteiger partial charge in [0.25, 0.3) is 0 Å². The van der Waals surface area contributed by atoms with Gasteiger partial charge < -0.3 is 18.7 Å². The number of carbonyl (C=O) groups is 1. The molecule has 2 aromatic carbocycles. The normalized spacial score (nSPS) is 12.3. The number of carbonyl (C=O) groups excluding carboxylic acids is 1. The highest BCUT2D eigenvalue weighted by molar-refractivity contribution is 8.00. The molecule has 4 heterocycles. The van der Waals surface area contributed by atoms with Crippen LogP contribution < -0.4 is 5.32 Å². The summed E-state index contributed by atoms with van der Waals surface area (Å²) in [7, 11) is 0. The Bertz CT molecular complexity index is 1720. The van der Waals surface area contributed by atoms with Crippen molar-refractivity contribution in [2.45, 2.75) is 37.2 Å². The van der Waals surface area contributed by atoms with E-state index in [9.17, 15) is 4.79 Å². The summed E-state index contributed by atoms with van der Waals surface area (Å²) in [6.45, 7) is 4.98. The van der Waals surface area contributed by atoms with Crippen LogP contribution in [0.25, 0.3) is 44.7 Å². The molecule has 1 amide bonds. The number of nitrogens with one attached hydrogen (secondary N) is 1. The zero-order valence-electron chi connectivity index (χ0n) is 20.9. The van der Waals surface area contributed by atoms with Crippen molar-refractivity contribution >= 4 is 45.2 Å². The summed E-state index contributed by atoms with van der Waals surface area (Å²) in [5, 5.41) is 14.0. The van der Waals surface area contributed by atoms with Gasteiger partial charge in [0.05, 0.1) is 17.8 Å². The predicted molar refractivity (Wildman–Crippen MR) is 149 cm³/mol. The van der Waals surface area contributed by atoms with Crippen molar-refractivity contribution in [1.29, 1.82) is 0 Å². The standard InChI is InChI=1S/C29H25N5O3S/c1-3-25(38-29-31-26(23-11-7-15-36-23)27(32-33-29)24-12-8-16-37-24)28(35)30-18-13-14-22-20(17-18)19-9-5-6-10-21(19)34(22)4-2/h5-17,25H,3-4H2,1-2H3,(H,30,35). The van der Waals surface area contributed by atoms with Gasteiger partial charge in [0.2, 0.25) is 11.1 Å². The van der Waals surface area contributed by atoms with E-state index in [1.54, 1.807) is 36.8 Å². The zero-order chi connectivity index (χ0) is 26.1. The molecule has 6 rings (SSSR count). The summed E-state index contributed by atoms with van der Waals surface area (Å²) in [6.07, 6.45) is 3.74. The van der Waals surface area contributed by atoms with Gasteiger partial charge in [-0.1, -0.05) is 36.9 Å². The molecule has 0 spiro atoms. The zero-order valence-corrected chi connectivity index (χ0v) is 21.7. The summed E-state index contributed by atoms with van der Waals surface area (Å²) in [4.78, 5) is 18.0. The highest BCUT2D eigenvalue weighted by Gasteiger charge is 2.23. The van der Waals surface area contributed by atoms with Crippen LogP contribution >= 0.6 is 11.8 Å². The Morgan fingerprint density at radius 3 is 2.34 bits per heavy atom. The summed E-state index contributed by atoms with van der Waals surface area (Å²) >= 11 is 1.27. The molecular formula is C29H25N5O3S. The van der Waals surface area contributed by atoms with Gasteiger partial charge in [-0.3, -0.25) is 4.79 Å². The lowest BCUT2D eigenvalue weighted by Crippen LogP contribution is -2.25. The summed E-state index contributed by atoms with van der Waals surface area (Å²) in [6, 6.07) is 21.6. The first-order valence-corrected chi connectivity index (χ1v) is 13.3. The number of rotatable bonds is 8. The summed E-state index contributed by atoms with van der Waals surface area (Å²) in [5.41, 5.74) is 4.08. The first-order chi connectivity index (χ1) is 18.7. The lowest BCUT2D eigenvalue weighted by Gasteiger charge is -2.14. The first kappa shape index (κ1) is 24.0. The minimum Gasteiger partial charge on any atom is -0.463 e. The Kier molecular flexibility index (Phi) is 6.43. The maximum absolute atomic E-state index is 13.3. The number of hydrogen-bond donors (Lipinski definition) is 1. The maximum Gasteiger partial charge on any atom is 0.237 e. The third kappa shape index (κ3) is 4.35. The Morgan fingerprint density at radius 2 is 1.63 bits per heavy atom. The van der Waals surface area contributed by atoms with Crippen LogP contribution in [-0.2, 0) is 11.3 Å². The highest BCUT2D eigenvalue weighted by Crippen LogP contribution is 2.33. The van der Waals surface area contributed by atoms with E-state index >= 15 is 0 Å². The van der Waals surface area contributed by atoms with Gasteiger partial charge in [0.1, 0.15) is 5.69 Å². The van der Waals surface area contributed by atoms with E-state index in [4.69, 9.17) is 8.83 Å². The number of anilines is 1. The van der Waals surface area contributed by atoms with Crippen molar-refractivity contribution < 1.29 is 13.6 Å². The quantitative estimate of drug-likeness (QED) is 0.214. The van der Waals surface area contributed by atoms with E-state index in [0.29, 0.717) is 34.5 Å². The lowest BCUT2D eigenvalue weighted by molar-refractivity contribution is -0.115. The van der Waals surface area contributed by atoms with Gasteiger partial charge >= 0.3 is 0 Å². The molecule has 1 N–H and O–H groups in total. The molecule has 1 atom stereocenters. The average Bonchev–Trinajstić information content (AvgIpc) is 3.72. The second-order valence-electron chi connectivity index (χ2n) is 8.74. The second-order valence-corrected chi connectivity index (χ2v) is 9.91. The fourth-order valence-corrected chi connectivity index (χ4v) is 5.49. The number of aryl methyl sites for hydroxylation is 1. The van der Waals surface area contributed by atoms with Gasteiger partial charge in [0, 0.05) is 34.0 Å². The van der Waals surface area contributed by atoms with Gasteiger partial charge in [-0.15, -0.1) is 10.2 Å². The Morgan fingerprint density at radius 1 is 0.895 bits per heavy atom. The van der Waals surface area contributed by atoms with E-state index in [2.05, 4.69) is 56.3 Å². The molecule has 0 radical (unpaired) electrons. The molecular weight excluding hydrogens is 498 g/mol. The maximum atomic E-state index is 13.3. The molecule has 0 saturated heterocycles. The summed E-state index contributed by atoms with van der Waals surface area (Å²) < 4.78 is 13.4. The van der Waals surface area contributed by atoms with Crippen LogP contribution in [0.15, 0.2) is 93.2 Å². The first-order valence-electron chi connectivity index (χ1n) is 12.5.